The molecule has 0 amide bonds. The highest BCUT2D eigenvalue weighted by Crippen LogP contribution is 2.64. The van der Waals surface area contributed by atoms with Gasteiger partial charge < -0.3 is 0 Å². The number of benzene rings is 16. The van der Waals surface area contributed by atoms with Crippen molar-refractivity contribution in [1.29, 1.82) is 0 Å². The molecule has 0 N–H and O–H groups in total. The minimum absolute atomic E-state index is 0.0163. The fourth-order valence-electron chi connectivity index (χ4n) is 23.0. The van der Waals surface area contributed by atoms with E-state index in [2.05, 4.69) is 395 Å². The molecule has 12 nitrogen and oxygen atoms in total. The summed E-state index contributed by atoms with van der Waals surface area (Å²) in [6.45, 7) is 9.40. The number of nitrogens with zero attached hydrogens (tertiary/aromatic N) is 12. The summed E-state index contributed by atoms with van der Waals surface area (Å²) < 4.78 is 0. The van der Waals surface area contributed by atoms with Crippen molar-refractivity contribution >= 4 is 5.57 Å². The van der Waals surface area contributed by atoms with Gasteiger partial charge in [0.2, 0.25) is 0 Å². The van der Waals surface area contributed by atoms with Gasteiger partial charge in [0.1, 0.15) is 0 Å². The number of hydrogen-bond acceptors (Lipinski definition) is 12. The van der Waals surface area contributed by atoms with Crippen LogP contribution in [0.1, 0.15) is 72.2 Å². The highest BCUT2D eigenvalue weighted by Gasteiger charge is 2.52. The molecule has 704 valence electrons. The number of rotatable bonds is 15. The van der Waals surface area contributed by atoms with Gasteiger partial charge in [0, 0.05) is 110 Å². The van der Waals surface area contributed by atoms with Crippen LogP contribution in [0.25, 0.3) is 208 Å². The Kier molecular flexibility index (Phi) is 22.7. The summed E-state index contributed by atoms with van der Waals surface area (Å²) >= 11 is 0. The van der Waals surface area contributed by atoms with Crippen LogP contribution in [0.3, 0.4) is 0 Å². The summed E-state index contributed by atoms with van der Waals surface area (Å²) in [7, 11) is 0. The first kappa shape index (κ1) is 90.0. The van der Waals surface area contributed by atoms with Gasteiger partial charge in [0.15, 0.2) is 52.4 Å². The van der Waals surface area contributed by atoms with E-state index in [1.165, 1.54) is 100 Å². The molecule has 6 aliphatic rings. The van der Waals surface area contributed by atoms with Crippen LogP contribution < -0.4 is 0 Å². The van der Waals surface area contributed by atoms with Crippen molar-refractivity contribution in [2.24, 2.45) is 11.8 Å². The zero-order valence-electron chi connectivity index (χ0n) is 82.4. The maximum atomic E-state index is 5.08. The van der Waals surface area contributed by atoms with Gasteiger partial charge in [0.25, 0.3) is 0 Å². The van der Waals surface area contributed by atoms with E-state index in [4.69, 9.17) is 44.9 Å². The largest absolute Gasteiger partial charge is 0.264 e. The first-order chi connectivity index (χ1) is 73.3. The van der Waals surface area contributed by atoms with E-state index >= 15 is 0 Å². The van der Waals surface area contributed by atoms with Crippen molar-refractivity contribution in [3.05, 3.63) is 548 Å². The van der Waals surface area contributed by atoms with Gasteiger partial charge >= 0.3 is 0 Å². The summed E-state index contributed by atoms with van der Waals surface area (Å²) in [4.78, 5) is 57.8. The molecule has 6 aromatic heterocycles. The highest BCUT2D eigenvalue weighted by atomic mass is 15.1. The summed E-state index contributed by atoms with van der Waals surface area (Å²) in [5, 5.41) is 0. The lowest BCUT2D eigenvalue weighted by atomic mass is 9.68. The van der Waals surface area contributed by atoms with E-state index in [1.807, 2.05) is 128 Å². The van der Waals surface area contributed by atoms with Crippen LogP contribution in [0.15, 0.2) is 504 Å². The lowest BCUT2D eigenvalue weighted by Crippen LogP contribution is -2.27. The zero-order valence-corrected chi connectivity index (χ0v) is 82.4. The number of hydrogen-bond donors (Lipinski definition) is 0. The Morgan fingerprint density at radius 3 is 0.852 bits per heavy atom. The molecule has 0 saturated carbocycles. The van der Waals surface area contributed by atoms with Gasteiger partial charge in [0.05, 0.1) is 5.41 Å². The van der Waals surface area contributed by atoms with Gasteiger partial charge in [-0.05, 0) is 210 Å². The Hall–Kier alpha value is -19.0. The predicted octanol–water partition coefficient (Wildman–Crippen LogP) is 32.4. The molecule has 2 unspecified atom stereocenters. The van der Waals surface area contributed by atoms with Crippen molar-refractivity contribution in [2.45, 2.75) is 43.9 Å². The second-order valence-corrected chi connectivity index (χ2v) is 39.7. The minimum Gasteiger partial charge on any atom is -0.264 e. The molecule has 0 bridgehead atoms. The lowest BCUT2D eigenvalue weighted by Gasteiger charge is -2.35. The smallest absolute Gasteiger partial charge is 0.164 e. The molecule has 6 aliphatic carbocycles. The molecule has 12 heteroatoms. The number of allylic oxidation sites excluding steroid dienone is 8. The first-order valence-corrected chi connectivity index (χ1v) is 50.7. The average Bonchev–Trinajstić information content (AvgIpc) is 1.50. The van der Waals surface area contributed by atoms with Crippen LogP contribution in [0.2, 0.25) is 0 Å². The fourth-order valence-corrected chi connectivity index (χ4v) is 23.0. The molecule has 0 radical (unpaired) electrons. The van der Waals surface area contributed by atoms with Gasteiger partial charge in [-0.3, -0.25) is 15.0 Å². The Balaban J connectivity index is 0.000000114. The normalized spacial score (nSPS) is 14.6. The summed E-state index contributed by atoms with van der Waals surface area (Å²) in [6.07, 6.45) is 24.8. The van der Waals surface area contributed by atoms with Gasteiger partial charge in [-0.1, -0.05) is 434 Å². The maximum absolute atomic E-state index is 5.08. The third-order valence-corrected chi connectivity index (χ3v) is 30.3. The molecule has 0 fully saturated rings. The second-order valence-electron chi connectivity index (χ2n) is 39.7. The highest BCUT2D eigenvalue weighted by molar-refractivity contribution is 5.97. The van der Waals surface area contributed by atoms with E-state index in [9.17, 15) is 0 Å². The Bertz CT molecular complexity index is 9050. The molecule has 0 saturated heterocycles. The van der Waals surface area contributed by atoms with Crippen LogP contribution in [-0.4, -0.2) is 59.8 Å². The Morgan fingerprint density at radius 1 is 0.181 bits per heavy atom. The summed E-state index contributed by atoms with van der Waals surface area (Å²) in [6, 6.07) is 149. The van der Waals surface area contributed by atoms with Gasteiger partial charge in [-0.25, -0.2) is 44.9 Å². The van der Waals surface area contributed by atoms with E-state index < -0.39 is 0 Å². The van der Waals surface area contributed by atoms with E-state index in [-0.39, 0.29) is 16.2 Å². The molecule has 28 rings (SSSR count). The third-order valence-electron chi connectivity index (χ3n) is 30.3. The maximum Gasteiger partial charge on any atom is 0.164 e. The average molecular weight is 1910 g/mol. The molecule has 6 heterocycles. The predicted molar refractivity (Wildman–Crippen MR) is 603 cm³/mol. The molecule has 16 aromatic carbocycles. The summed E-state index contributed by atoms with van der Waals surface area (Å²) in [5.41, 5.74) is 43.0. The van der Waals surface area contributed by atoms with Crippen molar-refractivity contribution in [3.63, 3.8) is 0 Å². The van der Waals surface area contributed by atoms with Crippen molar-refractivity contribution in [2.75, 3.05) is 0 Å². The standard InChI is InChI=1S/C51H32N4.C45H34N4.C41H30N4/c1-2-12-34(13-3-1)48-53-49(35-25-23-33(24-26-35)39-16-11-29-52-32-39)55-50(54-48)38-15-10-14-36(30-38)37-27-28-47-43(31-37)42-19-6-9-22-46(42)51(47)44-20-7-4-17-40(44)41-18-5-8-21-45(41)51;1-45(2)40-27-34(22-23-38(40)39-24-21-30-10-6-7-16-37(30)41(39)45)33-13-8-14-35(26-33)44-48-42(31-11-4-3-5-12-31)47-43(49-44)32-19-17-29(18-20-32)36-15-9-25-46-28-36;1-41(2)36-16-7-6-15-34(36)35-25-31(21-22-37(35)41)30-12-8-13-32(24-30)40-44-38(28-10-4-3-5-11-28)43-39(45-40)29-19-17-27(18-20-29)33-14-9-23-42-26-33/h1-32H;3-28,30,37H,1-2H3;3-26H,1-2H3. The van der Waals surface area contributed by atoms with Gasteiger partial charge in [-0.2, -0.15) is 0 Å². The number of fused-ring (bicyclic) bond motifs is 17. The molecule has 0 aliphatic heterocycles. The van der Waals surface area contributed by atoms with E-state index in [0.717, 1.165) is 106 Å². The quantitative estimate of drug-likeness (QED) is 0.0959. The van der Waals surface area contributed by atoms with Gasteiger partial charge in [-0.15, -0.1) is 0 Å². The third kappa shape index (κ3) is 16.4. The molecule has 2 atom stereocenters. The molecule has 1 spiro atoms. The second kappa shape index (κ2) is 37.6. The molecular weight excluding hydrogens is 1810 g/mol. The molecule has 149 heavy (non-hydrogen) atoms. The van der Waals surface area contributed by atoms with Crippen LogP contribution in [-0.2, 0) is 16.2 Å². The first-order valence-electron chi connectivity index (χ1n) is 50.7. The fraction of sp³-hybridized carbons (Fsp3) is 0.0657. The number of aromatic nitrogens is 12. The van der Waals surface area contributed by atoms with Crippen molar-refractivity contribution in [3.8, 4) is 203 Å². The van der Waals surface area contributed by atoms with Crippen molar-refractivity contribution in [1.82, 2.24) is 59.8 Å². The van der Waals surface area contributed by atoms with Crippen LogP contribution >= 0.6 is 0 Å². The minimum atomic E-state index is -0.356. The monoisotopic (exact) mass is 1910 g/mol. The lowest BCUT2D eigenvalue weighted by molar-refractivity contribution is 0.511. The zero-order chi connectivity index (χ0) is 99.7. The van der Waals surface area contributed by atoms with Crippen LogP contribution in [0, 0.1) is 11.8 Å². The topological polar surface area (TPSA) is 155 Å². The molecule has 22 aromatic rings. The van der Waals surface area contributed by atoms with Crippen molar-refractivity contribution < 1.29 is 0 Å². The Morgan fingerprint density at radius 2 is 0.456 bits per heavy atom. The van der Waals surface area contributed by atoms with E-state index in [0.29, 0.717) is 64.3 Å². The molecular formula is C137H96N12. The van der Waals surface area contributed by atoms with Crippen LogP contribution in [0.5, 0.6) is 0 Å². The van der Waals surface area contributed by atoms with Crippen LogP contribution in [0.4, 0.5) is 0 Å². The number of pyridine rings is 3. The van der Waals surface area contributed by atoms with E-state index in [1.54, 1.807) is 18.6 Å². The summed E-state index contributed by atoms with van der Waals surface area (Å²) in [5.74, 6) is 6.60. The Labute approximate surface area is 866 Å². The SMILES string of the molecule is CC1(C)C2=C(C=CC3C=CC=CC23)c2ccc(-c3cccc(-c4nc(-c5ccccc5)nc(-c5ccc(-c6cccnc6)cc5)n4)c3)cc21.CC1(C)c2ccccc2-c2cc(-c3cccc(-c4nc(-c5ccccc5)nc(-c5ccc(-c6cccnc6)cc5)n4)c3)ccc21.c1ccc(-c2nc(-c3ccc(-c4cccnc4)cc3)nc(-c3cccc(-c4ccc5c(c4)-c4ccccc4C54c5ccccc5-c5ccccc54)c3)n2)cc1.